The highest BCUT2D eigenvalue weighted by Gasteiger charge is 2.28. The molecule has 0 aliphatic carbocycles. The molecule has 1 N–H and O–H groups in total. The molecule has 1 aromatic heterocycles. The summed E-state index contributed by atoms with van der Waals surface area (Å²) in [7, 11) is 1.43. The predicted molar refractivity (Wildman–Crippen MR) is 143 cm³/mol. The van der Waals surface area contributed by atoms with Crippen LogP contribution in [0.3, 0.4) is 0 Å². The molecule has 194 valence electrons. The summed E-state index contributed by atoms with van der Waals surface area (Å²) in [5.74, 6) is -0.343. The molecule has 0 fully saturated rings. The Labute approximate surface area is 225 Å². The molecule has 0 amide bonds. The van der Waals surface area contributed by atoms with E-state index in [1.54, 1.807) is 32.0 Å². The van der Waals surface area contributed by atoms with E-state index in [0.717, 1.165) is 5.56 Å². The molecule has 3 atom stereocenters. The minimum absolute atomic E-state index is 0.0567. The number of carbonyl (C=O) groups is 2. The second-order valence-corrected chi connectivity index (χ2v) is 8.82. The smallest absolute Gasteiger partial charge is 0.328 e. The molecule has 37 heavy (non-hydrogen) atoms. The second kappa shape index (κ2) is 13.0. The van der Waals surface area contributed by atoms with Gasteiger partial charge in [-0.25, -0.2) is 9.78 Å². The number of aromatic nitrogens is 1. The third kappa shape index (κ3) is 7.41. The minimum atomic E-state index is -0.857. The van der Waals surface area contributed by atoms with Crippen LogP contribution in [-0.4, -0.2) is 41.2 Å². The van der Waals surface area contributed by atoms with Crippen molar-refractivity contribution < 1.29 is 28.5 Å². The zero-order valence-corrected chi connectivity index (χ0v) is 22.3. The van der Waals surface area contributed by atoms with Gasteiger partial charge in [0.05, 0.1) is 12.1 Å². The molecular weight excluding hydrogens is 516 g/mol. The van der Waals surface area contributed by atoms with Gasteiger partial charge in [0.15, 0.2) is 11.9 Å². The average Bonchev–Trinajstić information content (AvgIpc) is 2.88. The lowest BCUT2D eigenvalue weighted by Gasteiger charge is -2.27. The standard InChI is InChI=1S/C27H27ClN2O6S/c1-16(30-26(37)23-25(35-18(3)31)22(33-4)14-15-29-23)27(32)34-17(2)24(19-10-6-5-7-11-19)36-21-13-9-8-12-20(21)28/h5-17,24H,1-4H3,(H,30,37)/t16-,17-,24-/m0/s1. The van der Waals surface area contributed by atoms with Crippen LogP contribution < -0.4 is 19.5 Å². The summed E-state index contributed by atoms with van der Waals surface area (Å²) in [4.78, 5) is 28.9. The van der Waals surface area contributed by atoms with Crippen molar-refractivity contribution in [3.05, 3.63) is 83.1 Å². The Kier molecular flexibility index (Phi) is 9.82. The normalized spacial score (nSPS) is 13.0. The van der Waals surface area contributed by atoms with Crippen molar-refractivity contribution in [2.24, 2.45) is 0 Å². The second-order valence-electron chi connectivity index (χ2n) is 8.00. The molecule has 10 heteroatoms. The summed E-state index contributed by atoms with van der Waals surface area (Å²) < 4.78 is 22.4. The molecule has 2 aromatic carbocycles. The third-order valence-corrected chi connectivity index (χ3v) is 5.82. The van der Waals surface area contributed by atoms with Crippen LogP contribution in [-0.2, 0) is 14.3 Å². The largest absolute Gasteiger partial charge is 0.493 e. The van der Waals surface area contributed by atoms with Gasteiger partial charge in [-0.15, -0.1) is 0 Å². The van der Waals surface area contributed by atoms with E-state index >= 15 is 0 Å². The van der Waals surface area contributed by atoms with Crippen molar-refractivity contribution in [3.8, 4) is 17.2 Å². The SMILES string of the molecule is COc1ccnc(C(=S)N[C@@H](C)C(=O)O[C@@H](C)[C@H](Oc2ccccc2Cl)c2ccccc2)c1OC(C)=O. The Hall–Kier alpha value is -3.69. The van der Waals surface area contributed by atoms with E-state index in [-0.39, 0.29) is 22.2 Å². The number of esters is 2. The number of hydrogen-bond acceptors (Lipinski definition) is 8. The summed E-state index contributed by atoms with van der Waals surface area (Å²) >= 11 is 11.7. The first-order chi connectivity index (χ1) is 17.7. The Morgan fingerprint density at radius 1 is 1.00 bits per heavy atom. The zero-order chi connectivity index (χ0) is 26.9. The van der Waals surface area contributed by atoms with Crippen molar-refractivity contribution in [2.45, 2.75) is 39.0 Å². The number of halogens is 1. The van der Waals surface area contributed by atoms with Crippen molar-refractivity contribution in [1.29, 1.82) is 0 Å². The quantitative estimate of drug-likeness (QED) is 0.278. The van der Waals surface area contributed by atoms with Gasteiger partial charge >= 0.3 is 11.9 Å². The number of rotatable bonds is 10. The van der Waals surface area contributed by atoms with E-state index in [1.807, 2.05) is 36.4 Å². The molecule has 3 aromatic rings. The van der Waals surface area contributed by atoms with E-state index in [1.165, 1.54) is 26.3 Å². The van der Waals surface area contributed by atoms with Gasteiger partial charge < -0.3 is 24.3 Å². The average molecular weight is 543 g/mol. The Bertz CT molecular complexity index is 1260. The fourth-order valence-electron chi connectivity index (χ4n) is 3.42. The first-order valence-corrected chi connectivity index (χ1v) is 12.2. The van der Waals surface area contributed by atoms with Crippen LogP contribution in [0.2, 0.25) is 5.02 Å². The van der Waals surface area contributed by atoms with Crippen LogP contribution in [0.15, 0.2) is 66.9 Å². The van der Waals surface area contributed by atoms with Gasteiger partial charge in [-0.05, 0) is 31.5 Å². The van der Waals surface area contributed by atoms with Gasteiger partial charge in [-0.2, -0.15) is 0 Å². The van der Waals surface area contributed by atoms with Crippen LogP contribution >= 0.6 is 23.8 Å². The van der Waals surface area contributed by atoms with Gasteiger partial charge in [-0.1, -0.05) is 66.3 Å². The number of nitrogens with zero attached hydrogens (tertiary/aromatic N) is 1. The molecule has 3 rings (SSSR count). The number of carbonyl (C=O) groups excluding carboxylic acids is 2. The summed E-state index contributed by atoms with van der Waals surface area (Å²) in [5, 5.41) is 3.33. The highest BCUT2D eigenvalue weighted by atomic mass is 35.5. The number of pyridine rings is 1. The summed E-state index contributed by atoms with van der Waals surface area (Å²) in [6, 6.07) is 17.2. The molecule has 0 radical (unpaired) electrons. The van der Waals surface area contributed by atoms with Crippen molar-refractivity contribution >= 4 is 40.7 Å². The summed E-state index contributed by atoms with van der Waals surface area (Å²) in [6.07, 6.45) is 0.145. The molecular formula is C27H27ClN2O6S. The number of benzene rings is 2. The van der Waals surface area contributed by atoms with E-state index in [0.29, 0.717) is 10.8 Å². The lowest BCUT2D eigenvalue weighted by atomic mass is 10.0. The minimum Gasteiger partial charge on any atom is -0.493 e. The molecule has 1 heterocycles. The number of thiocarbonyl (C=S) groups is 1. The van der Waals surface area contributed by atoms with E-state index < -0.39 is 30.2 Å². The van der Waals surface area contributed by atoms with Gasteiger partial charge in [0.2, 0.25) is 5.75 Å². The van der Waals surface area contributed by atoms with Crippen molar-refractivity contribution in [1.82, 2.24) is 10.3 Å². The molecule has 0 spiro atoms. The van der Waals surface area contributed by atoms with Gasteiger partial charge in [0.1, 0.15) is 28.6 Å². The fourth-order valence-corrected chi connectivity index (χ4v) is 3.92. The van der Waals surface area contributed by atoms with E-state index in [4.69, 9.17) is 42.8 Å². The molecule has 0 aliphatic rings. The number of nitrogens with one attached hydrogen (secondary N) is 1. The van der Waals surface area contributed by atoms with Crippen molar-refractivity contribution in [2.75, 3.05) is 7.11 Å². The summed E-state index contributed by atoms with van der Waals surface area (Å²) in [5.41, 5.74) is 0.965. The molecule has 0 aliphatic heterocycles. The first kappa shape index (κ1) is 27.9. The fraction of sp³-hybridized carbons (Fsp3) is 0.259. The van der Waals surface area contributed by atoms with Crippen molar-refractivity contribution in [3.63, 3.8) is 0 Å². The molecule has 0 saturated heterocycles. The lowest BCUT2D eigenvalue weighted by molar-refractivity contribution is -0.154. The maximum absolute atomic E-state index is 13.0. The predicted octanol–water partition coefficient (Wildman–Crippen LogP) is 5.07. The van der Waals surface area contributed by atoms with Crippen LogP contribution in [0.4, 0.5) is 0 Å². The highest BCUT2D eigenvalue weighted by molar-refractivity contribution is 7.80. The third-order valence-electron chi connectivity index (χ3n) is 5.20. The summed E-state index contributed by atoms with van der Waals surface area (Å²) in [6.45, 7) is 4.58. The first-order valence-electron chi connectivity index (χ1n) is 11.4. The Morgan fingerprint density at radius 3 is 2.32 bits per heavy atom. The Balaban J connectivity index is 1.75. The van der Waals surface area contributed by atoms with Gasteiger partial charge in [-0.3, -0.25) is 4.79 Å². The van der Waals surface area contributed by atoms with Crippen LogP contribution in [0.5, 0.6) is 17.2 Å². The van der Waals surface area contributed by atoms with E-state index in [2.05, 4.69) is 10.3 Å². The van der Waals surface area contributed by atoms with E-state index in [9.17, 15) is 9.59 Å². The van der Waals surface area contributed by atoms with Crippen LogP contribution in [0.1, 0.15) is 38.1 Å². The zero-order valence-electron chi connectivity index (χ0n) is 20.8. The van der Waals surface area contributed by atoms with Crippen LogP contribution in [0.25, 0.3) is 0 Å². The molecule has 8 nitrogen and oxygen atoms in total. The number of hydrogen-bond donors (Lipinski definition) is 1. The maximum atomic E-state index is 13.0. The highest BCUT2D eigenvalue weighted by Crippen LogP contribution is 2.32. The molecule has 0 saturated carbocycles. The molecule has 0 bridgehead atoms. The molecule has 0 unspecified atom stereocenters. The topological polar surface area (TPSA) is 96.0 Å². The number of ether oxygens (including phenoxy) is 4. The van der Waals surface area contributed by atoms with Crippen LogP contribution in [0, 0.1) is 0 Å². The monoisotopic (exact) mass is 542 g/mol. The number of methoxy groups -OCH3 is 1. The van der Waals surface area contributed by atoms with Gasteiger partial charge in [0, 0.05) is 19.2 Å². The lowest BCUT2D eigenvalue weighted by Crippen LogP contribution is -2.41. The Morgan fingerprint density at radius 2 is 1.68 bits per heavy atom. The number of para-hydroxylation sites is 1. The maximum Gasteiger partial charge on any atom is 0.328 e. The van der Waals surface area contributed by atoms with Gasteiger partial charge in [0.25, 0.3) is 0 Å².